The Morgan fingerprint density at radius 2 is 1.82 bits per heavy atom. The Morgan fingerprint density at radius 1 is 1.18 bits per heavy atom. The minimum Gasteiger partial charge on any atom is -0.508 e. The molecule has 3 nitrogen and oxygen atoms in total. The van der Waals surface area contributed by atoms with E-state index < -0.39 is 14.6 Å². The van der Waals surface area contributed by atoms with E-state index in [1.54, 1.807) is 18.2 Å². The van der Waals surface area contributed by atoms with Gasteiger partial charge < -0.3 is 5.11 Å². The predicted molar refractivity (Wildman–Crippen MR) is 67.7 cm³/mol. The van der Waals surface area contributed by atoms with Crippen LogP contribution in [0.4, 0.5) is 0 Å². The predicted octanol–water partition coefficient (Wildman–Crippen LogP) is 2.60. The van der Waals surface area contributed by atoms with Crippen molar-refractivity contribution in [2.24, 2.45) is 0 Å². The van der Waals surface area contributed by atoms with Crippen molar-refractivity contribution in [3.8, 4) is 5.75 Å². The van der Waals surface area contributed by atoms with Crippen LogP contribution in [0, 0.1) is 0 Å². The lowest BCUT2D eigenvalue weighted by Gasteiger charge is -2.36. The van der Waals surface area contributed by atoms with Crippen LogP contribution in [0.1, 0.15) is 37.7 Å². The van der Waals surface area contributed by atoms with Gasteiger partial charge in [0.05, 0.1) is 4.75 Å². The Balaban J connectivity index is 2.54. The first-order valence-corrected chi connectivity index (χ1v) is 7.84. The standard InChI is InChI=1S/C13H18O3S/c1-17(15,16)13(8-3-2-4-9-13)11-6-5-7-12(14)10-11/h5-7,10,14H,2-4,8-9H2,1H3. The van der Waals surface area contributed by atoms with Crippen LogP contribution in [0.15, 0.2) is 24.3 Å². The molecular formula is C13H18O3S. The van der Waals surface area contributed by atoms with Crippen molar-refractivity contribution in [2.45, 2.75) is 36.9 Å². The summed E-state index contributed by atoms with van der Waals surface area (Å²) in [5, 5.41) is 9.53. The monoisotopic (exact) mass is 254 g/mol. The molecule has 0 unspecified atom stereocenters. The molecule has 0 radical (unpaired) electrons. The van der Waals surface area contributed by atoms with Gasteiger partial charge in [0, 0.05) is 6.26 Å². The molecule has 0 spiro atoms. The lowest BCUT2D eigenvalue weighted by molar-refractivity contribution is 0.380. The first-order chi connectivity index (χ1) is 7.96. The van der Waals surface area contributed by atoms with E-state index >= 15 is 0 Å². The molecule has 1 aliphatic rings. The fourth-order valence-electron chi connectivity index (χ4n) is 2.79. The topological polar surface area (TPSA) is 54.4 Å². The minimum atomic E-state index is -3.17. The van der Waals surface area contributed by atoms with Gasteiger partial charge in [0.2, 0.25) is 0 Å². The molecule has 2 rings (SSSR count). The second-order valence-electron chi connectivity index (χ2n) is 4.88. The van der Waals surface area contributed by atoms with Gasteiger partial charge in [0.15, 0.2) is 9.84 Å². The molecule has 0 amide bonds. The Labute approximate surface area is 102 Å². The minimum absolute atomic E-state index is 0.135. The molecule has 17 heavy (non-hydrogen) atoms. The molecule has 4 heteroatoms. The Bertz CT molecular complexity index is 499. The first kappa shape index (κ1) is 12.4. The van der Waals surface area contributed by atoms with Gasteiger partial charge in [0.25, 0.3) is 0 Å². The third-order valence-corrected chi connectivity index (χ3v) is 5.81. The summed E-state index contributed by atoms with van der Waals surface area (Å²) in [7, 11) is -3.17. The third kappa shape index (κ3) is 2.18. The average Bonchev–Trinajstić information content (AvgIpc) is 2.28. The summed E-state index contributed by atoms with van der Waals surface area (Å²) in [4.78, 5) is 0. The van der Waals surface area contributed by atoms with Crippen molar-refractivity contribution >= 4 is 9.84 Å². The molecule has 0 atom stereocenters. The van der Waals surface area contributed by atoms with Crippen LogP contribution >= 0.6 is 0 Å². The first-order valence-electron chi connectivity index (χ1n) is 5.95. The second-order valence-corrected chi connectivity index (χ2v) is 7.20. The highest BCUT2D eigenvalue weighted by Gasteiger charge is 2.43. The SMILES string of the molecule is CS(=O)(=O)C1(c2cccc(O)c2)CCCCC1. The highest BCUT2D eigenvalue weighted by atomic mass is 32.2. The van der Waals surface area contributed by atoms with Gasteiger partial charge in [-0.3, -0.25) is 0 Å². The Hall–Kier alpha value is -1.03. The zero-order valence-electron chi connectivity index (χ0n) is 10.0. The maximum atomic E-state index is 12.1. The molecule has 0 aliphatic heterocycles. The number of sulfone groups is 1. The van der Waals surface area contributed by atoms with Crippen LogP contribution in [0.3, 0.4) is 0 Å². The summed E-state index contributed by atoms with van der Waals surface area (Å²) in [6.45, 7) is 0. The van der Waals surface area contributed by atoms with Crippen molar-refractivity contribution in [2.75, 3.05) is 6.26 Å². The largest absolute Gasteiger partial charge is 0.508 e. The van der Waals surface area contributed by atoms with E-state index in [1.165, 1.54) is 6.26 Å². The summed E-state index contributed by atoms with van der Waals surface area (Å²) in [6.07, 6.45) is 5.59. The number of hydrogen-bond acceptors (Lipinski definition) is 3. The van der Waals surface area contributed by atoms with Gasteiger partial charge in [-0.15, -0.1) is 0 Å². The number of hydrogen-bond donors (Lipinski definition) is 1. The molecule has 0 bridgehead atoms. The van der Waals surface area contributed by atoms with Gasteiger partial charge in [-0.1, -0.05) is 31.4 Å². The summed E-state index contributed by atoms with van der Waals surface area (Å²) < 4.78 is 23.5. The van der Waals surface area contributed by atoms with Gasteiger partial charge in [-0.2, -0.15) is 0 Å². The van der Waals surface area contributed by atoms with E-state index in [1.807, 2.05) is 6.07 Å². The number of rotatable bonds is 2. The van der Waals surface area contributed by atoms with E-state index in [0.29, 0.717) is 12.8 Å². The summed E-state index contributed by atoms with van der Waals surface area (Å²) in [6, 6.07) is 6.69. The fourth-order valence-corrected chi connectivity index (χ4v) is 4.37. The molecule has 0 heterocycles. The van der Waals surface area contributed by atoms with Crippen molar-refractivity contribution in [1.82, 2.24) is 0 Å². The summed E-state index contributed by atoms with van der Waals surface area (Å²) in [5.74, 6) is 0.135. The molecule has 94 valence electrons. The zero-order valence-corrected chi connectivity index (χ0v) is 10.8. The lowest BCUT2D eigenvalue weighted by Crippen LogP contribution is -2.37. The molecular weight excluding hydrogens is 236 g/mol. The highest BCUT2D eigenvalue weighted by Crippen LogP contribution is 2.44. The van der Waals surface area contributed by atoms with Crippen molar-refractivity contribution in [1.29, 1.82) is 0 Å². The highest BCUT2D eigenvalue weighted by molar-refractivity contribution is 7.91. The lowest BCUT2D eigenvalue weighted by atomic mass is 9.83. The van der Waals surface area contributed by atoms with Crippen LogP contribution in [0.5, 0.6) is 5.75 Å². The quantitative estimate of drug-likeness (QED) is 0.882. The van der Waals surface area contributed by atoms with E-state index in [-0.39, 0.29) is 5.75 Å². The van der Waals surface area contributed by atoms with Crippen molar-refractivity contribution in [3.63, 3.8) is 0 Å². The van der Waals surface area contributed by atoms with Crippen LogP contribution in [0.25, 0.3) is 0 Å². The Morgan fingerprint density at radius 3 is 2.35 bits per heavy atom. The van der Waals surface area contributed by atoms with Gasteiger partial charge in [-0.05, 0) is 30.5 Å². The molecule has 1 saturated carbocycles. The molecule has 0 aromatic heterocycles. The number of aromatic hydroxyl groups is 1. The Kier molecular flexibility index (Phi) is 3.17. The fraction of sp³-hybridized carbons (Fsp3) is 0.538. The second kappa shape index (κ2) is 4.33. The van der Waals surface area contributed by atoms with E-state index in [2.05, 4.69) is 0 Å². The molecule has 1 aliphatic carbocycles. The normalized spacial score (nSPS) is 20.1. The smallest absolute Gasteiger partial charge is 0.157 e. The maximum absolute atomic E-state index is 12.1. The summed E-state index contributed by atoms with van der Waals surface area (Å²) >= 11 is 0. The third-order valence-electron chi connectivity index (χ3n) is 3.74. The number of phenols is 1. The van der Waals surface area contributed by atoms with Gasteiger partial charge >= 0.3 is 0 Å². The van der Waals surface area contributed by atoms with E-state index in [0.717, 1.165) is 24.8 Å². The molecule has 1 aromatic rings. The van der Waals surface area contributed by atoms with Crippen LogP contribution in [0.2, 0.25) is 0 Å². The zero-order chi connectivity index (χ0) is 12.5. The molecule has 0 saturated heterocycles. The molecule has 1 aromatic carbocycles. The van der Waals surface area contributed by atoms with Crippen LogP contribution in [-0.2, 0) is 14.6 Å². The number of benzene rings is 1. The maximum Gasteiger partial charge on any atom is 0.157 e. The van der Waals surface area contributed by atoms with E-state index in [9.17, 15) is 13.5 Å². The molecule has 1 fully saturated rings. The van der Waals surface area contributed by atoms with Gasteiger partial charge in [0.1, 0.15) is 5.75 Å². The average molecular weight is 254 g/mol. The van der Waals surface area contributed by atoms with E-state index in [4.69, 9.17) is 0 Å². The van der Waals surface area contributed by atoms with Gasteiger partial charge in [-0.25, -0.2) is 8.42 Å². The summed E-state index contributed by atoms with van der Waals surface area (Å²) in [5.41, 5.74) is 0.736. The van der Waals surface area contributed by atoms with Crippen molar-refractivity contribution in [3.05, 3.63) is 29.8 Å². The molecule has 1 N–H and O–H groups in total. The number of phenolic OH excluding ortho intramolecular Hbond substituents is 1. The van der Waals surface area contributed by atoms with Crippen LogP contribution in [-0.4, -0.2) is 19.8 Å². The van der Waals surface area contributed by atoms with Crippen LogP contribution < -0.4 is 0 Å². The van der Waals surface area contributed by atoms with Crippen molar-refractivity contribution < 1.29 is 13.5 Å².